The second-order valence-corrected chi connectivity index (χ2v) is 3.06. The number of rotatable bonds is 1. The third kappa shape index (κ3) is 2.11. The van der Waals surface area contributed by atoms with Gasteiger partial charge in [-0.2, -0.15) is 0 Å². The molecule has 0 atom stereocenters. The minimum Gasteiger partial charge on any atom is -0.465 e. The average Bonchev–Trinajstić information content (AvgIpc) is 2.12. The Hall–Kier alpha value is -0.800. The smallest absolute Gasteiger partial charge is 0.337 e. The fourth-order valence-electron chi connectivity index (χ4n) is 0.791. The zero-order valence-corrected chi connectivity index (χ0v) is 8.12. The fourth-order valence-corrected chi connectivity index (χ4v) is 1.28. The highest BCUT2D eigenvalue weighted by Gasteiger charge is 2.12. The van der Waals surface area contributed by atoms with Gasteiger partial charge in [-0.05, 0) is 12.1 Å². The van der Waals surface area contributed by atoms with Crippen LogP contribution in [0.5, 0.6) is 0 Å². The van der Waals surface area contributed by atoms with Gasteiger partial charge in [0.15, 0.2) is 5.82 Å². The minimum atomic E-state index is -0.740. The van der Waals surface area contributed by atoms with Gasteiger partial charge in [0.1, 0.15) is 0 Å². The number of methoxy groups -OCH3 is 1. The molecule has 0 aliphatic rings. The molecule has 0 fully saturated rings. The molecular formula is C8H5Cl2FO2. The third-order valence-corrected chi connectivity index (χ3v) is 1.95. The number of carbonyl (C=O) groups is 1. The van der Waals surface area contributed by atoms with Crippen LogP contribution in [0.25, 0.3) is 0 Å². The summed E-state index contributed by atoms with van der Waals surface area (Å²) in [7, 11) is 1.22. The van der Waals surface area contributed by atoms with Crippen LogP contribution in [0.4, 0.5) is 4.39 Å². The monoisotopic (exact) mass is 222 g/mol. The molecule has 1 aromatic carbocycles. The molecule has 0 N–H and O–H groups in total. The molecule has 0 unspecified atom stereocenters. The van der Waals surface area contributed by atoms with E-state index < -0.39 is 11.8 Å². The zero-order valence-electron chi connectivity index (χ0n) is 6.61. The molecule has 0 bridgehead atoms. The number of hydrogen-bond acceptors (Lipinski definition) is 2. The number of ether oxygens (including phenoxy) is 1. The largest absolute Gasteiger partial charge is 0.465 e. The summed E-state index contributed by atoms with van der Waals surface area (Å²) < 4.78 is 17.3. The summed E-state index contributed by atoms with van der Waals surface area (Å²) >= 11 is 10.9. The van der Waals surface area contributed by atoms with Crippen molar-refractivity contribution in [1.82, 2.24) is 0 Å². The number of halogens is 3. The van der Waals surface area contributed by atoms with Crippen LogP contribution in [0.15, 0.2) is 12.1 Å². The lowest BCUT2D eigenvalue weighted by Gasteiger charge is -2.01. The summed E-state index contributed by atoms with van der Waals surface area (Å²) in [5.41, 5.74) is 0.124. The summed E-state index contributed by atoms with van der Waals surface area (Å²) in [4.78, 5) is 11.0. The molecule has 0 aliphatic carbocycles. The standard InChI is InChI=1S/C8H5Cl2FO2/c1-13-8(12)4-2-5(9)7(11)6(10)3-4/h2-3H,1H3. The number of carbonyl (C=O) groups excluding carboxylic acids is 1. The highest BCUT2D eigenvalue weighted by Crippen LogP contribution is 2.24. The number of hydrogen-bond donors (Lipinski definition) is 0. The van der Waals surface area contributed by atoms with E-state index in [9.17, 15) is 9.18 Å². The molecule has 0 saturated heterocycles. The van der Waals surface area contributed by atoms with E-state index in [1.807, 2.05) is 0 Å². The summed E-state index contributed by atoms with van der Waals surface area (Å²) in [6.45, 7) is 0. The Morgan fingerprint density at radius 3 is 2.23 bits per heavy atom. The first-order chi connectivity index (χ1) is 6.06. The SMILES string of the molecule is COC(=O)c1cc(Cl)c(F)c(Cl)c1. The van der Waals surface area contributed by atoms with Crippen LogP contribution in [0.1, 0.15) is 10.4 Å². The molecule has 1 aromatic rings. The van der Waals surface area contributed by atoms with Crippen molar-refractivity contribution < 1.29 is 13.9 Å². The summed E-state index contributed by atoms with van der Waals surface area (Å²) in [5, 5.41) is -0.402. The van der Waals surface area contributed by atoms with Crippen molar-refractivity contribution in [1.29, 1.82) is 0 Å². The Kier molecular flexibility index (Phi) is 3.12. The van der Waals surface area contributed by atoms with E-state index in [1.54, 1.807) is 0 Å². The van der Waals surface area contributed by atoms with Gasteiger partial charge < -0.3 is 4.74 Å². The number of esters is 1. The summed E-state index contributed by atoms with van der Waals surface area (Å²) in [5.74, 6) is -1.35. The van der Waals surface area contributed by atoms with E-state index >= 15 is 0 Å². The van der Waals surface area contributed by atoms with Crippen LogP contribution in [-0.2, 0) is 4.74 Å². The molecule has 0 radical (unpaired) electrons. The minimum absolute atomic E-state index is 0.124. The molecule has 2 nitrogen and oxygen atoms in total. The first kappa shape index (κ1) is 10.3. The van der Waals surface area contributed by atoms with Crippen molar-refractivity contribution in [3.05, 3.63) is 33.6 Å². The Morgan fingerprint density at radius 1 is 1.38 bits per heavy atom. The molecule has 0 saturated carbocycles. The van der Waals surface area contributed by atoms with Gasteiger partial charge in [0.25, 0.3) is 0 Å². The van der Waals surface area contributed by atoms with Crippen molar-refractivity contribution in [3.63, 3.8) is 0 Å². The van der Waals surface area contributed by atoms with Gasteiger partial charge in [0.05, 0.1) is 22.7 Å². The first-order valence-corrected chi connectivity index (χ1v) is 4.04. The maximum absolute atomic E-state index is 12.9. The van der Waals surface area contributed by atoms with Crippen LogP contribution < -0.4 is 0 Å². The van der Waals surface area contributed by atoms with Crippen molar-refractivity contribution >= 4 is 29.2 Å². The zero-order chi connectivity index (χ0) is 10.0. The molecule has 0 spiro atoms. The van der Waals surface area contributed by atoms with Crippen molar-refractivity contribution in [2.75, 3.05) is 7.11 Å². The van der Waals surface area contributed by atoms with Crippen LogP contribution >= 0.6 is 23.2 Å². The molecule has 13 heavy (non-hydrogen) atoms. The average molecular weight is 223 g/mol. The van der Waals surface area contributed by atoms with Crippen LogP contribution in [0.3, 0.4) is 0 Å². The van der Waals surface area contributed by atoms with E-state index in [-0.39, 0.29) is 15.6 Å². The Morgan fingerprint density at radius 2 is 1.85 bits per heavy atom. The quantitative estimate of drug-likeness (QED) is 0.540. The van der Waals surface area contributed by atoms with Gasteiger partial charge in [0.2, 0.25) is 0 Å². The third-order valence-electron chi connectivity index (χ3n) is 1.40. The highest BCUT2D eigenvalue weighted by molar-refractivity contribution is 6.35. The van der Waals surface area contributed by atoms with Crippen LogP contribution in [-0.4, -0.2) is 13.1 Å². The highest BCUT2D eigenvalue weighted by atomic mass is 35.5. The predicted octanol–water partition coefficient (Wildman–Crippen LogP) is 2.92. The Bertz CT molecular complexity index is 329. The van der Waals surface area contributed by atoms with E-state index in [2.05, 4.69) is 4.74 Å². The molecule has 0 aromatic heterocycles. The van der Waals surface area contributed by atoms with Crippen LogP contribution in [0, 0.1) is 5.82 Å². The lowest BCUT2D eigenvalue weighted by atomic mass is 10.2. The second kappa shape index (κ2) is 3.94. The molecule has 0 amide bonds. The van der Waals surface area contributed by atoms with E-state index in [1.165, 1.54) is 7.11 Å². The lowest BCUT2D eigenvalue weighted by Crippen LogP contribution is -2.01. The molecule has 0 heterocycles. The van der Waals surface area contributed by atoms with Gasteiger partial charge in [-0.1, -0.05) is 23.2 Å². The molecule has 1 rings (SSSR count). The molecule has 0 aliphatic heterocycles. The van der Waals surface area contributed by atoms with Gasteiger partial charge in [-0.25, -0.2) is 9.18 Å². The second-order valence-electron chi connectivity index (χ2n) is 2.25. The van der Waals surface area contributed by atoms with Crippen molar-refractivity contribution in [2.45, 2.75) is 0 Å². The Labute approximate surface area is 84.2 Å². The Balaban J connectivity index is 3.20. The van der Waals surface area contributed by atoms with E-state index in [4.69, 9.17) is 23.2 Å². The first-order valence-electron chi connectivity index (χ1n) is 3.29. The predicted molar refractivity (Wildman–Crippen MR) is 47.8 cm³/mol. The van der Waals surface area contributed by atoms with Crippen molar-refractivity contribution in [3.8, 4) is 0 Å². The van der Waals surface area contributed by atoms with Gasteiger partial charge in [0, 0.05) is 0 Å². The fraction of sp³-hybridized carbons (Fsp3) is 0.125. The van der Waals surface area contributed by atoms with E-state index in [0.717, 1.165) is 12.1 Å². The molecular weight excluding hydrogens is 218 g/mol. The summed E-state index contributed by atoms with van der Waals surface area (Å²) in [6.07, 6.45) is 0. The normalized spacial score (nSPS) is 9.85. The molecule has 70 valence electrons. The lowest BCUT2D eigenvalue weighted by molar-refractivity contribution is 0.0600. The maximum atomic E-state index is 12.9. The maximum Gasteiger partial charge on any atom is 0.337 e. The van der Waals surface area contributed by atoms with Gasteiger partial charge in [-0.15, -0.1) is 0 Å². The summed E-state index contributed by atoms with van der Waals surface area (Å²) in [6, 6.07) is 2.32. The number of benzene rings is 1. The van der Waals surface area contributed by atoms with E-state index in [0.29, 0.717) is 0 Å². The topological polar surface area (TPSA) is 26.3 Å². The van der Waals surface area contributed by atoms with Gasteiger partial charge >= 0.3 is 5.97 Å². The van der Waals surface area contributed by atoms with Crippen LogP contribution in [0.2, 0.25) is 10.0 Å². The van der Waals surface area contributed by atoms with Gasteiger partial charge in [-0.3, -0.25) is 0 Å². The van der Waals surface area contributed by atoms with Crippen molar-refractivity contribution in [2.24, 2.45) is 0 Å². The molecule has 5 heteroatoms.